The van der Waals surface area contributed by atoms with E-state index in [1.165, 1.54) is 0 Å². The third-order valence-electron chi connectivity index (χ3n) is 2.84. The molecular weight excluding hydrogens is 224 g/mol. The second kappa shape index (κ2) is 4.76. The van der Waals surface area contributed by atoms with E-state index in [-0.39, 0.29) is 0 Å². The first kappa shape index (κ1) is 11.9. The molecule has 0 spiro atoms. The summed E-state index contributed by atoms with van der Waals surface area (Å²) in [5.41, 5.74) is 9.07. The van der Waals surface area contributed by atoms with Crippen LogP contribution >= 0.6 is 0 Å². The standard InChI is InChI=1S/C14H14N4/c1-10-9-17-14(7-13(10)16)18(2)12-5-3-4-11(6-12)8-15/h3-7,9H,1-2H3,(H2,16,17). The summed E-state index contributed by atoms with van der Waals surface area (Å²) in [6, 6.07) is 11.3. The largest absolute Gasteiger partial charge is 0.398 e. The van der Waals surface area contributed by atoms with Crippen LogP contribution < -0.4 is 10.6 Å². The van der Waals surface area contributed by atoms with Gasteiger partial charge in [0.2, 0.25) is 0 Å². The first-order valence-electron chi connectivity index (χ1n) is 5.58. The van der Waals surface area contributed by atoms with E-state index in [0.29, 0.717) is 11.3 Å². The molecule has 0 saturated carbocycles. The molecule has 1 heterocycles. The minimum Gasteiger partial charge on any atom is -0.398 e. The number of benzene rings is 1. The monoisotopic (exact) mass is 238 g/mol. The van der Waals surface area contributed by atoms with Crippen molar-refractivity contribution in [3.63, 3.8) is 0 Å². The molecule has 4 nitrogen and oxygen atoms in total. The topological polar surface area (TPSA) is 65.9 Å². The first-order valence-corrected chi connectivity index (χ1v) is 5.58. The normalized spacial score (nSPS) is 9.83. The third-order valence-corrected chi connectivity index (χ3v) is 2.84. The lowest BCUT2D eigenvalue weighted by Gasteiger charge is -2.19. The van der Waals surface area contributed by atoms with E-state index in [1.807, 2.05) is 43.1 Å². The number of nitrogens with zero attached hydrogens (tertiary/aromatic N) is 3. The molecule has 0 radical (unpaired) electrons. The van der Waals surface area contributed by atoms with E-state index in [9.17, 15) is 0 Å². The molecule has 18 heavy (non-hydrogen) atoms. The molecule has 0 unspecified atom stereocenters. The number of aromatic nitrogens is 1. The number of hydrogen-bond donors (Lipinski definition) is 1. The SMILES string of the molecule is Cc1cnc(N(C)c2cccc(C#N)c2)cc1N. The molecule has 0 aliphatic rings. The van der Waals surface area contributed by atoms with Crippen LogP contribution in [0.1, 0.15) is 11.1 Å². The second-order valence-electron chi connectivity index (χ2n) is 4.12. The Labute approximate surface area is 106 Å². The van der Waals surface area contributed by atoms with Crippen LogP contribution in [-0.4, -0.2) is 12.0 Å². The Morgan fingerprint density at radius 2 is 2.11 bits per heavy atom. The molecule has 0 fully saturated rings. The lowest BCUT2D eigenvalue weighted by Crippen LogP contribution is -2.11. The highest BCUT2D eigenvalue weighted by Gasteiger charge is 2.07. The molecule has 4 heteroatoms. The Morgan fingerprint density at radius 1 is 1.33 bits per heavy atom. The molecule has 1 aromatic carbocycles. The summed E-state index contributed by atoms with van der Waals surface area (Å²) in [4.78, 5) is 6.23. The molecule has 1 aromatic heterocycles. The van der Waals surface area contributed by atoms with Gasteiger partial charge in [0.25, 0.3) is 0 Å². The number of nitriles is 1. The zero-order chi connectivity index (χ0) is 13.1. The van der Waals surface area contributed by atoms with Crippen LogP contribution in [0.2, 0.25) is 0 Å². The number of aryl methyl sites for hydroxylation is 1. The maximum Gasteiger partial charge on any atom is 0.134 e. The Bertz CT molecular complexity index is 613. The molecule has 0 bridgehead atoms. The van der Waals surface area contributed by atoms with Crippen molar-refractivity contribution < 1.29 is 0 Å². The number of anilines is 3. The van der Waals surface area contributed by atoms with Crippen LogP contribution in [0.25, 0.3) is 0 Å². The van der Waals surface area contributed by atoms with Crippen LogP contribution in [0.4, 0.5) is 17.2 Å². The summed E-state index contributed by atoms with van der Waals surface area (Å²) in [5.74, 6) is 0.758. The van der Waals surface area contributed by atoms with Gasteiger partial charge in [0, 0.05) is 30.7 Å². The lowest BCUT2D eigenvalue weighted by molar-refractivity contribution is 1.12. The van der Waals surface area contributed by atoms with Crippen molar-refractivity contribution in [1.82, 2.24) is 4.98 Å². The molecule has 0 aliphatic heterocycles. The molecule has 90 valence electrons. The average molecular weight is 238 g/mol. The van der Waals surface area contributed by atoms with Crippen LogP contribution in [-0.2, 0) is 0 Å². The molecule has 0 saturated heterocycles. The third kappa shape index (κ3) is 2.25. The van der Waals surface area contributed by atoms with Crippen molar-refractivity contribution in [1.29, 1.82) is 5.26 Å². The van der Waals surface area contributed by atoms with E-state index in [2.05, 4.69) is 11.1 Å². The first-order chi connectivity index (χ1) is 8.61. The highest BCUT2D eigenvalue weighted by atomic mass is 15.2. The van der Waals surface area contributed by atoms with Crippen molar-refractivity contribution >= 4 is 17.2 Å². The minimum absolute atomic E-state index is 0.624. The van der Waals surface area contributed by atoms with E-state index >= 15 is 0 Å². The summed E-state index contributed by atoms with van der Waals surface area (Å²) in [7, 11) is 1.90. The highest BCUT2D eigenvalue weighted by Crippen LogP contribution is 2.24. The van der Waals surface area contributed by atoms with Crippen LogP contribution in [0.5, 0.6) is 0 Å². The van der Waals surface area contributed by atoms with E-state index in [0.717, 1.165) is 17.1 Å². The zero-order valence-corrected chi connectivity index (χ0v) is 10.4. The molecule has 2 N–H and O–H groups in total. The van der Waals surface area contributed by atoms with Crippen molar-refractivity contribution in [2.45, 2.75) is 6.92 Å². The summed E-state index contributed by atoms with van der Waals surface area (Å²) in [6.07, 6.45) is 1.75. The number of nitrogens with two attached hydrogens (primary N) is 1. The van der Waals surface area contributed by atoms with Gasteiger partial charge >= 0.3 is 0 Å². The maximum absolute atomic E-state index is 8.89. The van der Waals surface area contributed by atoms with E-state index in [4.69, 9.17) is 11.0 Å². The molecule has 0 atom stereocenters. The molecular formula is C14H14N4. The summed E-state index contributed by atoms with van der Waals surface area (Å²) >= 11 is 0. The summed E-state index contributed by atoms with van der Waals surface area (Å²) in [5, 5.41) is 8.89. The Kier molecular flexibility index (Phi) is 3.16. The van der Waals surface area contributed by atoms with Gasteiger partial charge in [-0.25, -0.2) is 4.98 Å². The fourth-order valence-electron chi connectivity index (χ4n) is 1.63. The van der Waals surface area contributed by atoms with Gasteiger partial charge in [-0.05, 0) is 30.7 Å². The molecule has 2 aromatic rings. The van der Waals surface area contributed by atoms with E-state index < -0.39 is 0 Å². The molecule has 2 rings (SSSR count). The van der Waals surface area contributed by atoms with Gasteiger partial charge in [0.05, 0.1) is 11.6 Å². The number of hydrogen-bond acceptors (Lipinski definition) is 4. The van der Waals surface area contributed by atoms with Crippen molar-refractivity contribution in [3.05, 3.63) is 47.7 Å². The van der Waals surface area contributed by atoms with Crippen molar-refractivity contribution in [3.8, 4) is 6.07 Å². The lowest BCUT2D eigenvalue weighted by atomic mass is 10.2. The zero-order valence-electron chi connectivity index (χ0n) is 10.4. The summed E-state index contributed by atoms with van der Waals surface area (Å²) in [6.45, 7) is 1.92. The van der Waals surface area contributed by atoms with Crippen LogP contribution in [0.3, 0.4) is 0 Å². The summed E-state index contributed by atoms with van der Waals surface area (Å²) < 4.78 is 0. The van der Waals surface area contributed by atoms with Crippen LogP contribution in [0.15, 0.2) is 36.5 Å². The van der Waals surface area contributed by atoms with Gasteiger partial charge in [-0.15, -0.1) is 0 Å². The smallest absolute Gasteiger partial charge is 0.134 e. The average Bonchev–Trinajstić information content (AvgIpc) is 2.41. The Hall–Kier alpha value is -2.54. The Balaban J connectivity index is 2.38. The second-order valence-corrected chi connectivity index (χ2v) is 4.12. The van der Waals surface area contributed by atoms with Gasteiger partial charge < -0.3 is 10.6 Å². The van der Waals surface area contributed by atoms with Gasteiger partial charge in [-0.3, -0.25) is 0 Å². The Morgan fingerprint density at radius 3 is 2.78 bits per heavy atom. The number of nitrogen functional groups attached to an aromatic ring is 1. The van der Waals surface area contributed by atoms with Gasteiger partial charge in [-0.1, -0.05) is 6.07 Å². The van der Waals surface area contributed by atoms with Gasteiger partial charge in [-0.2, -0.15) is 5.26 Å². The maximum atomic E-state index is 8.89. The van der Waals surface area contributed by atoms with Crippen molar-refractivity contribution in [2.75, 3.05) is 17.7 Å². The number of pyridine rings is 1. The molecule has 0 aliphatic carbocycles. The predicted molar refractivity (Wildman–Crippen MR) is 72.6 cm³/mol. The van der Waals surface area contributed by atoms with Crippen LogP contribution in [0, 0.1) is 18.3 Å². The highest BCUT2D eigenvalue weighted by molar-refractivity contribution is 5.64. The minimum atomic E-state index is 0.624. The quantitative estimate of drug-likeness (QED) is 0.873. The van der Waals surface area contributed by atoms with Gasteiger partial charge in [0.15, 0.2) is 0 Å². The van der Waals surface area contributed by atoms with E-state index in [1.54, 1.807) is 12.3 Å². The van der Waals surface area contributed by atoms with Gasteiger partial charge in [0.1, 0.15) is 5.82 Å². The fraction of sp³-hybridized carbons (Fsp3) is 0.143. The molecule has 0 amide bonds. The fourth-order valence-corrected chi connectivity index (χ4v) is 1.63. The number of rotatable bonds is 2. The predicted octanol–water partition coefficient (Wildman–Crippen LogP) is 2.61. The van der Waals surface area contributed by atoms with Crippen molar-refractivity contribution in [2.24, 2.45) is 0 Å².